The van der Waals surface area contributed by atoms with Gasteiger partial charge >= 0.3 is 5.97 Å². The van der Waals surface area contributed by atoms with Crippen molar-refractivity contribution in [1.82, 2.24) is 4.98 Å². The van der Waals surface area contributed by atoms with Crippen LogP contribution in [0, 0.1) is 5.92 Å². The number of rotatable bonds is 5. The third-order valence-corrected chi connectivity index (χ3v) is 3.54. The number of hydrogen-bond donors (Lipinski definition) is 0. The molecule has 0 spiro atoms. The smallest absolute Gasteiger partial charge is 0.308 e. The Morgan fingerprint density at radius 2 is 1.94 bits per heavy atom. The van der Waals surface area contributed by atoms with Crippen molar-refractivity contribution >= 4 is 5.97 Å². The lowest BCUT2D eigenvalue weighted by molar-refractivity contribution is -0.149. The number of esters is 1. The molecule has 1 aromatic heterocycles. The van der Waals surface area contributed by atoms with Crippen molar-refractivity contribution in [3.8, 4) is 0 Å². The molecule has 0 bridgehead atoms. The first-order chi connectivity index (χ1) is 8.86. The van der Waals surface area contributed by atoms with Gasteiger partial charge in [-0.15, -0.1) is 0 Å². The minimum atomic E-state index is 0.0180. The molecule has 1 aliphatic rings. The maximum atomic E-state index is 11.8. The predicted molar refractivity (Wildman–Crippen MR) is 70.1 cm³/mol. The molecule has 2 rings (SSSR count). The number of ether oxygens (including phenoxy) is 1. The molecule has 0 atom stereocenters. The van der Waals surface area contributed by atoms with Crippen molar-refractivity contribution in [3.63, 3.8) is 0 Å². The fraction of sp³-hybridized carbons (Fsp3) is 0.600. The van der Waals surface area contributed by atoms with Gasteiger partial charge in [-0.1, -0.05) is 19.3 Å². The molecule has 3 nitrogen and oxygen atoms in total. The topological polar surface area (TPSA) is 39.2 Å². The first-order valence-corrected chi connectivity index (χ1v) is 6.92. The molecule has 0 aromatic carbocycles. The summed E-state index contributed by atoms with van der Waals surface area (Å²) in [6.45, 7) is 0.539. The molecule has 1 heterocycles. The number of aryl methyl sites for hydroxylation is 1. The molecule has 0 unspecified atom stereocenters. The Morgan fingerprint density at radius 3 is 2.67 bits per heavy atom. The fourth-order valence-corrected chi connectivity index (χ4v) is 2.45. The van der Waals surface area contributed by atoms with Gasteiger partial charge in [-0.25, -0.2) is 0 Å². The fourth-order valence-electron chi connectivity index (χ4n) is 2.45. The monoisotopic (exact) mass is 247 g/mol. The summed E-state index contributed by atoms with van der Waals surface area (Å²) in [4.78, 5) is 15.8. The van der Waals surface area contributed by atoms with E-state index in [0.717, 1.165) is 25.7 Å². The van der Waals surface area contributed by atoms with E-state index in [1.807, 2.05) is 12.1 Å². The SMILES string of the molecule is O=C(OCCCc1ccncc1)C1CCCCC1. The third kappa shape index (κ3) is 4.13. The Kier molecular flexibility index (Phi) is 5.18. The Labute approximate surface area is 109 Å². The van der Waals surface area contributed by atoms with Crippen molar-refractivity contribution in [1.29, 1.82) is 0 Å². The molecule has 0 N–H and O–H groups in total. The summed E-state index contributed by atoms with van der Waals surface area (Å²) in [7, 11) is 0. The van der Waals surface area contributed by atoms with Gasteiger partial charge in [-0.05, 0) is 43.4 Å². The zero-order chi connectivity index (χ0) is 12.6. The minimum absolute atomic E-state index is 0.0180. The normalized spacial score (nSPS) is 16.4. The number of nitrogens with zero attached hydrogens (tertiary/aromatic N) is 1. The Bertz CT molecular complexity index is 358. The van der Waals surface area contributed by atoms with Crippen molar-refractivity contribution in [2.75, 3.05) is 6.61 Å². The second kappa shape index (κ2) is 7.14. The van der Waals surface area contributed by atoms with Gasteiger partial charge < -0.3 is 4.74 Å². The van der Waals surface area contributed by atoms with Crippen LogP contribution in [0.25, 0.3) is 0 Å². The predicted octanol–water partition coefficient (Wildman–Crippen LogP) is 3.14. The first kappa shape index (κ1) is 13.1. The van der Waals surface area contributed by atoms with Crippen molar-refractivity contribution in [2.24, 2.45) is 5.92 Å². The highest BCUT2D eigenvalue weighted by Crippen LogP contribution is 2.24. The zero-order valence-electron chi connectivity index (χ0n) is 10.8. The molecule has 0 aliphatic heterocycles. The van der Waals surface area contributed by atoms with Crippen LogP contribution in [-0.2, 0) is 16.0 Å². The molecule has 98 valence electrons. The van der Waals surface area contributed by atoms with Gasteiger partial charge in [0.15, 0.2) is 0 Å². The Hall–Kier alpha value is -1.38. The van der Waals surface area contributed by atoms with E-state index in [-0.39, 0.29) is 11.9 Å². The number of carbonyl (C=O) groups is 1. The van der Waals surface area contributed by atoms with Gasteiger partial charge in [-0.2, -0.15) is 0 Å². The summed E-state index contributed by atoms with van der Waals surface area (Å²) >= 11 is 0. The number of hydrogen-bond acceptors (Lipinski definition) is 3. The highest BCUT2D eigenvalue weighted by Gasteiger charge is 2.21. The number of aromatic nitrogens is 1. The number of pyridine rings is 1. The third-order valence-electron chi connectivity index (χ3n) is 3.54. The minimum Gasteiger partial charge on any atom is -0.465 e. The Morgan fingerprint density at radius 1 is 1.22 bits per heavy atom. The average Bonchev–Trinajstić information content (AvgIpc) is 2.45. The van der Waals surface area contributed by atoms with Crippen LogP contribution < -0.4 is 0 Å². The van der Waals surface area contributed by atoms with Crippen molar-refractivity contribution in [3.05, 3.63) is 30.1 Å². The van der Waals surface area contributed by atoms with Gasteiger partial charge in [0.1, 0.15) is 0 Å². The largest absolute Gasteiger partial charge is 0.465 e. The summed E-state index contributed by atoms with van der Waals surface area (Å²) in [6.07, 6.45) is 11.1. The van der Waals surface area contributed by atoms with E-state index in [1.54, 1.807) is 12.4 Å². The highest BCUT2D eigenvalue weighted by molar-refractivity contribution is 5.72. The van der Waals surface area contributed by atoms with Gasteiger partial charge in [0.05, 0.1) is 12.5 Å². The van der Waals surface area contributed by atoms with Crippen LogP contribution in [0.3, 0.4) is 0 Å². The van der Waals surface area contributed by atoms with Crippen molar-refractivity contribution < 1.29 is 9.53 Å². The molecule has 0 radical (unpaired) electrons. The van der Waals surface area contributed by atoms with Crippen LogP contribution in [0.4, 0.5) is 0 Å². The van der Waals surface area contributed by atoms with E-state index in [4.69, 9.17) is 4.74 Å². The average molecular weight is 247 g/mol. The van der Waals surface area contributed by atoms with Crippen LogP contribution in [0.15, 0.2) is 24.5 Å². The maximum absolute atomic E-state index is 11.8. The van der Waals surface area contributed by atoms with Crippen LogP contribution in [0.1, 0.15) is 44.1 Å². The van der Waals surface area contributed by atoms with Crippen LogP contribution in [0.2, 0.25) is 0 Å². The summed E-state index contributed by atoms with van der Waals surface area (Å²) in [5, 5.41) is 0. The second-order valence-corrected chi connectivity index (χ2v) is 4.96. The molecule has 1 aliphatic carbocycles. The van der Waals surface area contributed by atoms with E-state index in [9.17, 15) is 4.79 Å². The molecule has 0 saturated heterocycles. The van der Waals surface area contributed by atoms with Gasteiger partial charge in [-0.3, -0.25) is 9.78 Å². The van der Waals surface area contributed by atoms with E-state index in [2.05, 4.69) is 4.98 Å². The van der Waals surface area contributed by atoms with Crippen LogP contribution in [-0.4, -0.2) is 17.6 Å². The van der Waals surface area contributed by atoms with E-state index >= 15 is 0 Å². The number of carbonyl (C=O) groups excluding carboxylic acids is 1. The van der Waals surface area contributed by atoms with Gasteiger partial charge in [0.2, 0.25) is 0 Å². The summed E-state index contributed by atoms with van der Waals surface area (Å²) < 4.78 is 5.35. The quantitative estimate of drug-likeness (QED) is 0.592. The molecule has 1 aromatic rings. The lowest BCUT2D eigenvalue weighted by Crippen LogP contribution is -2.20. The molecular formula is C15H21NO2. The van der Waals surface area contributed by atoms with Gasteiger partial charge in [0, 0.05) is 12.4 Å². The summed E-state index contributed by atoms with van der Waals surface area (Å²) in [5.74, 6) is 0.184. The van der Waals surface area contributed by atoms with E-state index < -0.39 is 0 Å². The van der Waals surface area contributed by atoms with Crippen LogP contribution in [0.5, 0.6) is 0 Å². The standard InChI is InChI=1S/C15H21NO2/c17-15(14-6-2-1-3-7-14)18-12-4-5-13-8-10-16-11-9-13/h8-11,14H,1-7,12H2. The highest BCUT2D eigenvalue weighted by atomic mass is 16.5. The molecule has 0 amide bonds. The van der Waals surface area contributed by atoms with Crippen molar-refractivity contribution in [2.45, 2.75) is 44.9 Å². The molecular weight excluding hydrogens is 226 g/mol. The van der Waals surface area contributed by atoms with E-state index in [0.29, 0.717) is 6.61 Å². The van der Waals surface area contributed by atoms with E-state index in [1.165, 1.54) is 24.8 Å². The molecule has 18 heavy (non-hydrogen) atoms. The Balaban J connectivity index is 1.61. The summed E-state index contributed by atoms with van der Waals surface area (Å²) in [5.41, 5.74) is 1.25. The molecule has 3 heteroatoms. The van der Waals surface area contributed by atoms with Crippen LogP contribution >= 0.6 is 0 Å². The summed E-state index contributed by atoms with van der Waals surface area (Å²) in [6, 6.07) is 4.01. The second-order valence-electron chi connectivity index (χ2n) is 4.96. The first-order valence-electron chi connectivity index (χ1n) is 6.92. The lowest BCUT2D eigenvalue weighted by Gasteiger charge is -2.19. The van der Waals surface area contributed by atoms with Gasteiger partial charge in [0.25, 0.3) is 0 Å². The molecule has 1 fully saturated rings. The lowest BCUT2D eigenvalue weighted by atomic mass is 9.89. The maximum Gasteiger partial charge on any atom is 0.308 e. The molecule has 1 saturated carbocycles. The zero-order valence-corrected chi connectivity index (χ0v) is 10.8.